The molecule has 1 fully saturated rings. The van der Waals surface area contributed by atoms with Crippen LogP contribution in [0.25, 0.3) is 0 Å². The second kappa shape index (κ2) is 5.85. The molecule has 1 N–H and O–H groups in total. The first kappa shape index (κ1) is 14.9. The van der Waals surface area contributed by atoms with Crippen molar-refractivity contribution in [2.75, 3.05) is 0 Å². The highest BCUT2D eigenvalue weighted by atomic mass is 35.5. The number of carbonyl (C=O) groups excluding carboxylic acids is 1. The van der Waals surface area contributed by atoms with Crippen LogP contribution >= 0.6 is 11.6 Å². The van der Waals surface area contributed by atoms with E-state index in [2.05, 4.69) is 18.3 Å². The van der Waals surface area contributed by atoms with Crippen LogP contribution in [-0.2, 0) is 0 Å². The van der Waals surface area contributed by atoms with E-state index in [-0.39, 0.29) is 5.91 Å². The molecule has 0 spiro atoms. The Morgan fingerprint density at radius 3 is 2.70 bits per heavy atom. The maximum Gasteiger partial charge on any atom is 0.254 e. The summed E-state index contributed by atoms with van der Waals surface area (Å²) in [7, 11) is 0. The number of halogens is 1. The van der Waals surface area contributed by atoms with Gasteiger partial charge in [-0.05, 0) is 50.2 Å². The zero-order valence-corrected chi connectivity index (χ0v) is 12.6. The number of aryl methyl sites for hydroxylation is 1. The van der Waals surface area contributed by atoms with Crippen LogP contribution in [0.1, 0.15) is 48.5 Å². The molecule has 0 radical (unpaired) electrons. The van der Waals surface area contributed by atoms with E-state index in [0.29, 0.717) is 29.3 Å². The van der Waals surface area contributed by atoms with Gasteiger partial charge in [0.1, 0.15) is 5.54 Å². The maximum atomic E-state index is 12.4. The van der Waals surface area contributed by atoms with Crippen molar-refractivity contribution >= 4 is 17.5 Å². The summed E-state index contributed by atoms with van der Waals surface area (Å²) < 4.78 is 0. The van der Waals surface area contributed by atoms with Crippen LogP contribution in [0.15, 0.2) is 18.2 Å². The van der Waals surface area contributed by atoms with E-state index in [1.54, 1.807) is 12.1 Å². The van der Waals surface area contributed by atoms with Gasteiger partial charge in [-0.2, -0.15) is 5.26 Å². The predicted molar refractivity (Wildman–Crippen MR) is 79.6 cm³/mol. The van der Waals surface area contributed by atoms with Gasteiger partial charge in [-0.15, -0.1) is 0 Å². The van der Waals surface area contributed by atoms with Crippen molar-refractivity contribution in [3.63, 3.8) is 0 Å². The van der Waals surface area contributed by atoms with Crippen LogP contribution in [-0.4, -0.2) is 11.4 Å². The Balaban J connectivity index is 2.18. The molecule has 1 amide bonds. The van der Waals surface area contributed by atoms with Crippen LogP contribution in [0.5, 0.6) is 0 Å². The summed E-state index contributed by atoms with van der Waals surface area (Å²) in [6, 6.07) is 7.66. The fraction of sp³-hybridized carbons (Fsp3) is 0.500. The van der Waals surface area contributed by atoms with Gasteiger partial charge in [0.25, 0.3) is 5.91 Å². The lowest BCUT2D eigenvalue weighted by Gasteiger charge is -2.34. The zero-order valence-electron chi connectivity index (χ0n) is 11.9. The number of benzene rings is 1. The first-order valence-corrected chi connectivity index (χ1v) is 7.34. The first-order chi connectivity index (χ1) is 9.47. The molecule has 1 aliphatic carbocycles. The quantitative estimate of drug-likeness (QED) is 0.899. The Morgan fingerprint density at radius 1 is 1.45 bits per heavy atom. The number of amides is 1. The minimum absolute atomic E-state index is 0.255. The van der Waals surface area contributed by atoms with Crippen molar-refractivity contribution in [1.82, 2.24) is 5.32 Å². The third kappa shape index (κ3) is 2.96. The van der Waals surface area contributed by atoms with E-state index in [0.717, 1.165) is 18.4 Å². The van der Waals surface area contributed by atoms with Crippen LogP contribution in [0.2, 0.25) is 5.02 Å². The van der Waals surface area contributed by atoms with Crippen molar-refractivity contribution in [1.29, 1.82) is 5.26 Å². The van der Waals surface area contributed by atoms with Gasteiger partial charge in [-0.1, -0.05) is 30.7 Å². The fourth-order valence-corrected chi connectivity index (χ4v) is 2.84. The van der Waals surface area contributed by atoms with Gasteiger partial charge in [0.05, 0.1) is 16.7 Å². The van der Waals surface area contributed by atoms with Crippen molar-refractivity contribution in [2.45, 2.75) is 45.1 Å². The average Bonchev–Trinajstić information content (AvgIpc) is 2.44. The molecule has 1 saturated carbocycles. The Bertz CT molecular complexity index is 554. The topological polar surface area (TPSA) is 52.9 Å². The Labute approximate surface area is 124 Å². The van der Waals surface area contributed by atoms with Gasteiger partial charge >= 0.3 is 0 Å². The lowest BCUT2D eigenvalue weighted by Crippen LogP contribution is -2.49. The molecule has 1 aliphatic rings. The van der Waals surface area contributed by atoms with Gasteiger partial charge in [0.15, 0.2) is 0 Å². The SMILES string of the molecule is Cc1cccc(C(=O)NC2(C#N)CCC(C)CC2)c1Cl. The third-order valence-electron chi connectivity index (χ3n) is 4.13. The van der Waals surface area contributed by atoms with Crippen molar-refractivity contribution in [3.05, 3.63) is 34.3 Å². The minimum Gasteiger partial charge on any atom is -0.334 e. The molecule has 0 saturated heterocycles. The van der Waals surface area contributed by atoms with Gasteiger partial charge in [0.2, 0.25) is 0 Å². The summed E-state index contributed by atoms with van der Waals surface area (Å²) in [6.07, 6.45) is 3.35. The largest absolute Gasteiger partial charge is 0.334 e. The molecule has 2 rings (SSSR count). The molecule has 20 heavy (non-hydrogen) atoms. The molecule has 0 aromatic heterocycles. The van der Waals surface area contributed by atoms with Crippen LogP contribution in [0.3, 0.4) is 0 Å². The van der Waals surface area contributed by atoms with Crippen molar-refractivity contribution in [2.24, 2.45) is 5.92 Å². The monoisotopic (exact) mass is 290 g/mol. The number of rotatable bonds is 2. The maximum absolute atomic E-state index is 12.4. The predicted octanol–water partition coefficient (Wildman–Crippen LogP) is 3.85. The second-order valence-corrected chi connectivity index (χ2v) is 6.14. The Hall–Kier alpha value is -1.53. The second-order valence-electron chi connectivity index (χ2n) is 5.77. The zero-order chi connectivity index (χ0) is 14.8. The lowest BCUT2D eigenvalue weighted by atomic mass is 9.78. The number of carbonyl (C=O) groups is 1. The van der Waals surface area contributed by atoms with Crippen LogP contribution in [0.4, 0.5) is 0 Å². The number of nitrogens with one attached hydrogen (secondary N) is 1. The Morgan fingerprint density at radius 2 is 2.10 bits per heavy atom. The molecule has 4 heteroatoms. The number of hydrogen-bond acceptors (Lipinski definition) is 2. The van der Waals surface area contributed by atoms with Crippen molar-refractivity contribution < 1.29 is 4.79 Å². The van der Waals surface area contributed by atoms with E-state index in [9.17, 15) is 10.1 Å². The molecule has 0 bridgehead atoms. The van der Waals surface area contributed by atoms with Crippen LogP contribution < -0.4 is 5.32 Å². The summed E-state index contributed by atoms with van der Waals surface area (Å²) in [4.78, 5) is 12.4. The molecule has 0 unspecified atom stereocenters. The summed E-state index contributed by atoms with van der Waals surface area (Å²) in [5, 5.41) is 12.8. The third-order valence-corrected chi connectivity index (χ3v) is 4.63. The highest BCUT2D eigenvalue weighted by Gasteiger charge is 2.36. The van der Waals surface area contributed by atoms with E-state index < -0.39 is 5.54 Å². The smallest absolute Gasteiger partial charge is 0.254 e. The van der Waals surface area contributed by atoms with Gasteiger partial charge in [-0.25, -0.2) is 0 Å². The molecule has 0 heterocycles. The first-order valence-electron chi connectivity index (χ1n) is 6.96. The van der Waals surface area contributed by atoms with E-state index in [1.807, 2.05) is 13.0 Å². The standard InChI is InChI=1S/C16H19ClN2O/c1-11-6-8-16(10-18,9-7-11)19-15(20)13-5-3-4-12(2)14(13)17/h3-5,11H,6-9H2,1-2H3,(H,19,20). The summed E-state index contributed by atoms with van der Waals surface area (Å²) in [5.74, 6) is 0.366. The molecular formula is C16H19ClN2O. The lowest BCUT2D eigenvalue weighted by molar-refractivity contribution is 0.0894. The molecule has 3 nitrogen and oxygen atoms in total. The Kier molecular flexibility index (Phi) is 4.35. The normalized spacial score (nSPS) is 25.8. The van der Waals surface area contributed by atoms with E-state index >= 15 is 0 Å². The molecule has 106 valence electrons. The average molecular weight is 291 g/mol. The summed E-state index contributed by atoms with van der Waals surface area (Å²) in [5.41, 5.74) is 0.568. The van der Waals surface area contributed by atoms with Crippen molar-refractivity contribution in [3.8, 4) is 6.07 Å². The number of nitrogens with zero attached hydrogens (tertiary/aromatic N) is 1. The highest BCUT2D eigenvalue weighted by molar-refractivity contribution is 6.34. The fourth-order valence-electron chi connectivity index (χ4n) is 2.63. The molecular weight excluding hydrogens is 272 g/mol. The van der Waals surface area contributed by atoms with Gasteiger partial charge in [-0.3, -0.25) is 4.79 Å². The highest BCUT2D eigenvalue weighted by Crippen LogP contribution is 2.32. The van der Waals surface area contributed by atoms with Crippen LogP contribution in [0, 0.1) is 24.2 Å². The molecule has 1 aromatic rings. The van der Waals surface area contributed by atoms with E-state index in [1.165, 1.54) is 0 Å². The molecule has 0 atom stereocenters. The minimum atomic E-state index is -0.739. The molecule has 0 aliphatic heterocycles. The van der Waals surface area contributed by atoms with E-state index in [4.69, 9.17) is 11.6 Å². The summed E-state index contributed by atoms with van der Waals surface area (Å²) in [6.45, 7) is 4.04. The van der Waals surface area contributed by atoms with Gasteiger partial charge < -0.3 is 5.32 Å². The number of nitriles is 1. The van der Waals surface area contributed by atoms with Gasteiger partial charge in [0, 0.05) is 0 Å². The summed E-state index contributed by atoms with van der Waals surface area (Å²) >= 11 is 6.17. The number of hydrogen-bond donors (Lipinski definition) is 1. The molecule has 1 aromatic carbocycles.